The lowest BCUT2D eigenvalue weighted by Crippen LogP contribution is -2.56. The smallest absolute Gasteiger partial charge is 0.223 e. The lowest BCUT2D eigenvalue weighted by Gasteiger charge is -2.37. The second-order valence-corrected chi connectivity index (χ2v) is 5.38. The highest BCUT2D eigenvalue weighted by Gasteiger charge is 2.27. The molecule has 0 bridgehead atoms. The Kier molecular flexibility index (Phi) is 6.39. The predicted molar refractivity (Wildman–Crippen MR) is 74.1 cm³/mol. The normalized spacial score (nSPS) is 32.1. The van der Waals surface area contributed by atoms with E-state index in [0.717, 1.165) is 39.0 Å². The second kappa shape index (κ2) is 7.31. The van der Waals surface area contributed by atoms with Crippen LogP contribution in [0.4, 0.5) is 0 Å². The molecule has 2 saturated heterocycles. The molecule has 5 heteroatoms. The summed E-state index contributed by atoms with van der Waals surface area (Å²) in [5.74, 6) is 0.293. The number of hydrogen-bond acceptors (Lipinski definition) is 3. The average Bonchev–Trinajstić information content (AvgIpc) is 2.82. The molecule has 0 aromatic rings. The summed E-state index contributed by atoms with van der Waals surface area (Å²) in [5.41, 5.74) is 0. The molecule has 2 aliphatic rings. The van der Waals surface area contributed by atoms with Crippen molar-refractivity contribution in [3.8, 4) is 0 Å². The van der Waals surface area contributed by atoms with Gasteiger partial charge in [-0.25, -0.2) is 0 Å². The van der Waals surface area contributed by atoms with Gasteiger partial charge in [0, 0.05) is 38.2 Å². The molecule has 2 fully saturated rings. The van der Waals surface area contributed by atoms with Crippen LogP contribution in [-0.2, 0) is 9.53 Å². The Morgan fingerprint density at radius 3 is 2.89 bits per heavy atom. The van der Waals surface area contributed by atoms with Gasteiger partial charge in [0.1, 0.15) is 0 Å². The summed E-state index contributed by atoms with van der Waals surface area (Å²) in [5, 5.41) is 3.40. The Hall–Kier alpha value is -0.320. The number of rotatable bonds is 3. The third-order valence-electron chi connectivity index (χ3n) is 3.79. The first-order valence-corrected chi connectivity index (χ1v) is 6.81. The van der Waals surface area contributed by atoms with Crippen LogP contribution >= 0.6 is 12.4 Å². The number of nitrogens with zero attached hydrogens (tertiary/aromatic N) is 1. The molecule has 2 heterocycles. The average molecular weight is 277 g/mol. The number of halogens is 1. The van der Waals surface area contributed by atoms with E-state index in [-0.39, 0.29) is 12.4 Å². The minimum absolute atomic E-state index is 0. The first-order valence-electron chi connectivity index (χ1n) is 6.81. The summed E-state index contributed by atoms with van der Waals surface area (Å²) in [4.78, 5) is 14.2. The highest BCUT2D eigenvalue weighted by molar-refractivity contribution is 5.85. The first kappa shape index (κ1) is 15.7. The third kappa shape index (κ3) is 4.11. The van der Waals surface area contributed by atoms with Gasteiger partial charge in [0.15, 0.2) is 0 Å². The number of carbonyl (C=O) groups is 1. The summed E-state index contributed by atoms with van der Waals surface area (Å²) in [6.07, 6.45) is 4.14. The summed E-state index contributed by atoms with van der Waals surface area (Å²) in [6, 6.07) is 0.737. The van der Waals surface area contributed by atoms with Gasteiger partial charge in [-0.3, -0.25) is 4.79 Å². The van der Waals surface area contributed by atoms with Crippen LogP contribution < -0.4 is 5.32 Å². The number of nitrogens with one attached hydrogen (secondary N) is 1. The molecule has 3 atom stereocenters. The fourth-order valence-corrected chi connectivity index (χ4v) is 2.67. The molecule has 0 saturated carbocycles. The van der Waals surface area contributed by atoms with Gasteiger partial charge in [-0.1, -0.05) is 0 Å². The molecule has 4 nitrogen and oxygen atoms in total. The standard InChI is InChI=1S/C13H24N2O2.ClH/c1-10-9-15(11(2)8-14-10)13(16)6-5-12-4-3-7-17-12;/h10-12,14H,3-9H2,1-2H3;1H. The Balaban J connectivity index is 0.00000162. The van der Waals surface area contributed by atoms with Crippen molar-refractivity contribution in [2.75, 3.05) is 19.7 Å². The van der Waals surface area contributed by atoms with Crippen molar-refractivity contribution in [3.05, 3.63) is 0 Å². The third-order valence-corrected chi connectivity index (χ3v) is 3.79. The summed E-state index contributed by atoms with van der Waals surface area (Å²) >= 11 is 0. The molecule has 18 heavy (non-hydrogen) atoms. The van der Waals surface area contributed by atoms with Crippen molar-refractivity contribution in [2.45, 2.75) is 57.7 Å². The van der Waals surface area contributed by atoms with Gasteiger partial charge in [-0.15, -0.1) is 12.4 Å². The minimum Gasteiger partial charge on any atom is -0.378 e. The van der Waals surface area contributed by atoms with Crippen molar-refractivity contribution in [1.29, 1.82) is 0 Å². The number of amides is 1. The Morgan fingerprint density at radius 2 is 2.22 bits per heavy atom. The fraction of sp³-hybridized carbons (Fsp3) is 0.923. The Labute approximate surface area is 116 Å². The fourth-order valence-electron chi connectivity index (χ4n) is 2.67. The number of hydrogen-bond donors (Lipinski definition) is 1. The zero-order chi connectivity index (χ0) is 12.3. The van der Waals surface area contributed by atoms with Crippen LogP contribution in [0.2, 0.25) is 0 Å². The lowest BCUT2D eigenvalue weighted by atomic mass is 10.1. The van der Waals surface area contributed by atoms with Gasteiger partial charge in [-0.05, 0) is 33.1 Å². The van der Waals surface area contributed by atoms with Gasteiger partial charge >= 0.3 is 0 Å². The highest BCUT2D eigenvalue weighted by atomic mass is 35.5. The maximum absolute atomic E-state index is 12.2. The molecule has 0 radical (unpaired) electrons. The van der Waals surface area contributed by atoms with Gasteiger partial charge in [0.25, 0.3) is 0 Å². The van der Waals surface area contributed by atoms with Crippen LogP contribution in [-0.4, -0.2) is 48.7 Å². The molecule has 0 spiro atoms. The second-order valence-electron chi connectivity index (χ2n) is 5.38. The van der Waals surface area contributed by atoms with Gasteiger partial charge < -0.3 is 15.0 Å². The molecule has 0 aromatic carbocycles. The molecule has 106 valence electrons. The Bertz CT molecular complexity index is 270. The summed E-state index contributed by atoms with van der Waals surface area (Å²) in [7, 11) is 0. The topological polar surface area (TPSA) is 41.6 Å². The van der Waals surface area contributed by atoms with Gasteiger partial charge in [-0.2, -0.15) is 0 Å². The van der Waals surface area contributed by atoms with Crippen LogP contribution in [0.3, 0.4) is 0 Å². The zero-order valence-electron chi connectivity index (χ0n) is 11.4. The number of carbonyl (C=O) groups excluding carboxylic acids is 1. The number of ether oxygens (including phenoxy) is 1. The maximum Gasteiger partial charge on any atom is 0.223 e. The largest absolute Gasteiger partial charge is 0.378 e. The monoisotopic (exact) mass is 276 g/mol. The van der Waals surface area contributed by atoms with E-state index < -0.39 is 0 Å². The van der Waals surface area contributed by atoms with Gasteiger partial charge in [0.05, 0.1) is 6.10 Å². The van der Waals surface area contributed by atoms with E-state index in [1.54, 1.807) is 0 Å². The molecule has 1 N–H and O–H groups in total. The quantitative estimate of drug-likeness (QED) is 0.851. The summed E-state index contributed by atoms with van der Waals surface area (Å²) in [6.45, 7) is 6.87. The molecule has 1 amide bonds. The first-order chi connectivity index (χ1) is 8.16. The molecule has 2 aliphatic heterocycles. The molecular weight excluding hydrogens is 252 g/mol. The van der Waals surface area contributed by atoms with Crippen molar-refractivity contribution >= 4 is 18.3 Å². The van der Waals surface area contributed by atoms with E-state index in [1.165, 1.54) is 0 Å². The van der Waals surface area contributed by atoms with Crippen LogP contribution in [0.5, 0.6) is 0 Å². The van der Waals surface area contributed by atoms with Crippen molar-refractivity contribution in [3.63, 3.8) is 0 Å². The minimum atomic E-state index is 0. The molecule has 0 aliphatic carbocycles. The van der Waals surface area contributed by atoms with E-state index in [1.807, 2.05) is 4.90 Å². The molecular formula is C13H25ClN2O2. The van der Waals surface area contributed by atoms with E-state index >= 15 is 0 Å². The van der Waals surface area contributed by atoms with E-state index in [2.05, 4.69) is 19.2 Å². The van der Waals surface area contributed by atoms with E-state index in [9.17, 15) is 4.79 Å². The Morgan fingerprint density at radius 1 is 1.44 bits per heavy atom. The van der Waals surface area contributed by atoms with Gasteiger partial charge in [0.2, 0.25) is 5.91 Å². The van der Waals surface area contributed by atoms with E-state index in [0.29, 0.717) is 30.5 Å². The molecule has 2 rings (SSSR count). The van der Waals surface area contributed by atoms with Crippen molar-refractivity contribution in [2.24, 2.45) is 0 Å². The van der Waals surface area contributed by atoms with Crippen LogP contribution in [0.1, 0.15) is 39.5 Å². The summed E-state index contributed by atoms with van der Waals surface area (Å²) < 4.78 is 5.56. The van der Waals surface area contributed by atoms with Crippen LogP contribution in [0.15, 0.2) is 0 Å². The number of piperazine rings is 1. The molecule has 0 aromatic heterocycles. The highest BCUT2D eigenvalue weighted by Crippen LogP contribution is 2.18. The predicted octanol–water partition coefficient (Wildman–Crippen LogP) is 1.58. The van der Waals surface area contributed by atoms with E-state index in [4.69, 9.17) is 4.74 Å². The maximum atomic E-state index is 12.2. The lowest BCUT2D eigenvalue weighted by molar-refractivity contribution is -0.135. The zero-order valence-corrected chi connectivity index (χ0v) is 12.2. The van der Waals surface area contributed by atoms with Crippen molar-refractivity contribution in [1.82, 2.24) is 10.2 Å². The molecule has 3 unspecified atom stereocenters. The van der Waals surface area contributed by atoms with Crippen molar-refractivity contribution < 1.29 is 9.53 Å². The van der Waals surface area contributed by atoms with Crippen LogP contribution in [0.25, 0.3) is 0 Å². The SMILES string of the molecule is CC1CN(C(=O)CCC2CCCO2)C(C)CN1.Cl. The van der Waals surface area contributed by atoms with Crippen LogP contribution in [0, 0.1) is 0 Å².